The minimum absolute atomic E-state index is 0.000479. The summed E-state index contributed by atoms with van der Waals surface area (Å²) in [4.78, 5) is 33.5. The molecule has 1 N–H and O–H groups in total. The summed E-state index contributed by atoms with van der Waals surface area (Å²) >= 11 is 0. The highest BCUT2D eigenvalue weighted by Crippen LogP contribution is 2.29. The summed E-state index contributed by atoms with van der Waals surface area (Å²) in [6, 6.07) is 13.7. The van der Waals surface area contributed by atoms with Crippen LogP contribution in [0.5, 0.6) is 0 Å². The highest BCUT2D eigenvalue weighted by Gasteiger charge is 2.44. The Balaban J connectivity index is 1.40. The number of aryl methyl sites for hydroxylation is 1. The molecule has 0 aromatic heterocycles. The van der Waals surface area contributed by atoms with Gasteiger partial charge in [0.05, 0.1) is 6.10 Å². The van der Waals surface area contributed by atoms with Crippen LogP contribution in [0.25, 0.3) is 0 Å². The standard InChI is InChI=1S/C29H37FN4O3/c1-21-4-8-23(9-5-21)28(35)34-19-25(17-27(34)29(36)32-14-12-31-13-15-32)33(20-26-3-2-16-37-26)18-22-6-10-24(30)11-7-22/h4-11,25-27,31H,2-3,12-20H2,1H3. The lowest BCUT2D eigenvalue weighted by Crippen LogP contribution is -2.53. The van der Waals surface area contributed by atoms with Crippen molar-refractivity contribution < 1.29 is 18.7 Å². The van der Waals surface area contributed by atoms with Gasteiger partial charge in [-0.25, -0.2) is 4.39 Å². The minimum Gasteiger partial charge on any atom is -0.377 e. The fourth-order valence-corrected chi connectivity index (χ4v) is 5.71. The first kappa shape index (κ1) is 25.8. The quantitative estimate of drug-likeness (QED) is 0.623. The van der Waals surface area contributed by atoms with Gasteiger partial charge < -0.3 is 19.9 Å². The maximum Gasteiger partial charge on any atom is 0.254 e. The Bertz CT molecular complexity index is 1070. The minimum atomic E-state index is -0.503. The third-order valence-electron chi connectivity index (χ3n) is 7.83. The largest absolute Gasteiger partial charge is 0.377 e. The third kappa shape index (κ3) is 6.20. The molecule has 2 amide bonds. The van der Waals surface area contributed by atoms with Crippen molar-refractivity contribution in [1.29, 1.82) is 0 Å². The van der Waals surface area contributed by atoms with E-state index in [1.165, 1.54) is 12.1 Å². The number of nitrogens with zero attached hydrogens (tertiary/aromatic N) is 3. The van der Waals surface area contributed by atoms with Gasteiger partial charge in [0.1, 0.15) is 11.9 Å². The van der Waals surface area contributed by atoms with Crippen molar-refractivity contribution in [3.63, 3.8) is 0 Å². The molecule has 5 rings (SSSR count). The second-order valence-corrected chi connectivity index (χ2v) is 10.5. The predicted octanol–water partition coefficient (Wildman–Crippen LogP) is 2.83. The average Bonchev–Trinajstić information content (AvgIpc) is 3.60. The summed E-state index contributed by atoms with van der Waals surface area (Å²) in [7, 11) is 0. The second-order valence-electron chi connectivity index (χ2n) is 10.5. The first-order valence-electron chi connectivity index (χ1n) is 13.4. The number of ether oxygens (including phenoxy) is 1. The van der Waals surface area contributed by atoms with Gasteiger partial charge in [-0.2, -0.15) is 0 Å². The smallest absolute Gasteiger partial charge is 0.254 e. The van der Waals surface area contributed by atoms with Crippen molar-refractivity contribution in [2.24, 2.45) is 0 Å². The summed E-state index contributed by atoms with van der Waals surface area (Å²) in [5, 5.41) is 3.30. The number of hydrogen-bond acceptors (Lipinski definition) is 5. The van der Waals surface area contributed by atoms with Crippen LogP contribution < -0.4 is 5.32 Å². The van der Waals surface area contributed by atoms with Crippen LogP contribution in [0.3, 0.4) is 0 Å². The highest BCUT2D eigenvalue weighted by atomic mass is 19.1. The first-order chi connectivity index (χ1) is 18.0. The first-order valence-corrected chi connectivity index (χ1v) is 13.4. The molecule has 3 saturated heterocycles. The number of carbonyl (C=O) groups excluding carboxylic acids is 2. The molecule has 3 aliphatic rings. The Labute approximate surface area is 218 Å². The molecular formula is C29H37FN4O3. The molecule has 2 aromatic rings. The van der Waals surface area contributed by atoms with E-state index in [-0.39, 0.29) is 29.8 Å². The molecule has 0 spiro atoms. The summed E-state index contributed by atoms with van der Waals surface area (Å²) in [6.45, 7) is 7.42. The van der Waals surface area contributed by atoms with E-state index < -0.39 is 6.04 Å². The van der Waals surface area contributed by atoms with E-state index in [0.29, 0.717) is 38.2 Å². The van der Waals surface area contributed by atoms with Gasteiger partial charge in [0.25, 0.3) is 5.91 Å². The fourth-order valence-electron chi connectivity index (χ4n) is 5.71. The van der Waals surface area contributed by atoms with Gasteiger partial charge in [0, 0.05) is 64.0 Å². The van der Waals surface area contributed by atoms with Crippen LogP contribution in [-0.2, 0) is 16.1 Å². The van der Waals surface area contributed by atoms with Crippen molar-refractivity contribution in [1.82, 2.24) is 20.0 Å². The summed E-state index contributed by atoms with van der Waals surface area (Å²) < 4.78 is 19.5. The van der Waals surface area contributed by atoms with E-state index in [2.05, 4.69) is 10.2 Å². The molecule has 3 atom stereocenters. The molecule has 3 fully saturated rings. The van der Waals surface area contributed by atoms with Crippen molar-refractivity contribution in [3.05, 3.63) is 71.0 Å². The number of rotatable bonds is 7. The molecule has 37 heavy (non-hydrogen) atoms. The van der Waals surface area contributed by atoms with Crippen LogP contribution in [-0.4, -0.2) is 90.6 Å². The number of nitrogens with one attached hydrogen (secondary N) is 1. The Morgan fingerprint density at radius 2 is 1.81 bits per heavy atom. The van der Waals surface area contributed by atoms with Crippen LogP contribution in [0.1, 0.15) is 40.7 Å². The Morgan fingerprint density at radius 1 is 1.08 bits per heavy atom. The van der Waals surface area contributed by atoms with Crippen LogP contribution in [0.4, 0.5) is 4.39 Å². The lowest BCUT2D eigenvalue weighted by molar-refractivity contribution is -0.135. The topological polar surface area (TPSA) is 65.1 Å². The summed E-state index contributed by atoms with van der Waals surface area (Å²) in [6.07, 6.45) is 2.75. The maximum atomic E-state index is 13.7. The lowest BCUT2D eigenvalue weighted by Gasteiger charge is -2.32. The van der Waals surface area contributed by atoms with Gasteiger partial charge >= 0.3 is 0 Å². The molecule has 0 saturated carbocycles. The number of likely N-dealkylation sites (tertiary alicyclic amines) is 1. The second kappa shape index (κ2) is 11.7. The molecule has 7 nitrogen and oxygen atoms in total. The Morgan fingerprint density at radius 3 is 2.49 bits per heavy atom. The number of amides is 2. The van der Waals surface area contributed by atoms with E-state index in [9.17, 15) is 14.0 Å². The molecule has 8 heteroatoms. The van der Waals surface area contributed by atoms with Gasteiger partial charge in [-0.05, 0) is 56.0 Å². The van der Waals surface area contributed by atoms with Gasteiger partial charge in [0.15, 0.2) is 0 Å². The molecule has 198 valence electrons. The lowest BCUT2D eigenvalue weighted by atomic mass is 10.1. The number of hydrogen-bond donors (Lipinski definition) is 1. The van der Waals surface area contributed by atoms with Gasteiger partial charge in [-0.15, -0.1) is 0 Å². The molecular weight excluding hydrogens is 471 g/mol. The zero-order valence-electron chi connectivity index (χ0n) is 21.6. The maximum absolute atomic E-state index is 13.7. The molecule has 0 aliphatic carbocycles. The molecule has 2 aromatic carbocycles. The molecule has 3 aliphatic heterocycles. The third-order valence-corrected chi connectivity index (χ3v) is 7.83. The number of halogens is 1. The van der Waals surface area contributed by atoms with E-state index >= 15 is 0 Å². The zero-order chi connectivity index (χ0) is 25.8. The number of benzene rings is 2. The van der Waals surface area contributed by atoms with Gasteiger partial charge in [-0.3, -0.25) is 14.5 Å². The van der Waals surface area contributed by atoms with Crippen molar-refractivity contribution in [2.45, 2.75) is 50.9 Å². The molecule has 0 radical (unpaired) electrons. The van der Waals surface area contributed by atoms with E-state index in [0.717, 1.165) is 50.2 Å². The zero-order valence-corrected chi connectivity index (χ0v) is 21.6. The predicted molar refractivity (Wildman–Crippen MR) is 140 cm³/mol. The SMILES string of the molecule is Cc1ccc(C(=O)N2CC(N(Cc3ccc(F)cc3)CC3CCCO3)CC2C(=O)N2CCNCC2)cc1. The highest BCUT2D eigenvalue weighted by molar-refractivity contribution is 5.98. The Kier molecular flexibility index (Phi) is 8.17. The van der Waals surface area contributed by atoms with Gasteiger partial charge in [-0.1, -0.05) is 29.8 Å². The summed E-state index contributed by atoms with van der Waals surface area (Å²) in [5.41, 5.74) is 2.70. The van der Waals surface area contributed by atoms with Crippen LogP contribution in [0, 0.1) is 12.7 Å². The number of piperazine rings is 1. The van der Waals surface area contributed by atoms with Crippen LogP contribution in [0.2, 0.25) is 0 Å². The fraction of sp³-hybridized carbons (Fsp3) is 0.517. The number of carbonyl (C=O) groups is 2. The van der Waals surface area contributed by atoms with E-state index in [1.54, 1.807) is 4.90 Å². The molecule has 3 unspecified atom stereocenters. The Hall–Kier alpha value is -2.81. The summed E-state index contributed by atoms with van der Waals surface area (Å²) in [5.74, 6) is -0.329. The molecule has 0 bridgehead atoms. The molecule has 3 heterocycles. The van der Waals surface area contributed by atoms with Gasteiger partial charge in [0.2, 0.25) is 5.91 Å². The normalized spacial score (nSPS) is 24.1. The van der Waals surface area contributed by atoms with Crippen molar-refractivity contribution in [2.75, 3.05) is 45.9 Å². The van der Waals surface area contributed by atoms with E-state index in [4.69, 9.17) is 4.74 Å². The van der Waals surface area contributed by atoms with Crippen molar-refractivity contribution in [3.8, 4) is 0 Å². The monoisotopic (exact) mass is 508 g/mol. The van der Waals surface area contributed by atoms with Crippen molar-refractivity contribution >= 4 is 11.8 Å². The van der Waals surface area contributed by atoms with E-state index in [1.807, 2.05) is 48.2 Å². The van der Waals surface area contributed by atoms with Crippen LogP contribution in [0.15, 0.2) is 48.5 Å². The van der Waals surface area contributed by atoms with Crippen LogP contribution >= 0.6 is 0 Å². The average molecular weight is 509 g/mol.